The molecule has 0 saturated heterocycles. The summed E-state index contributed by atoms with van der Waals surface area (Å²) in [6.45, 7) is 1.39. The van der Waals surface area contributed by atoms with Gasteiger partial charge in [-0.25, -0.2) is 0 Å². The number of rotatable bonds is 2. The molecule has 1 aromatic rings. The molecule has 1 aromatic heterocycles. The Morgan fingerprint density at radius 3 is 2.83 bits per heavy atom. The molecule has 5 nitrogen and oxygen atoms in total. The second-order valence-corrected chi connectivity index (χ2v) is 6.03. The lowest BCUT2D eigenvalue weighted by molar-refractivity contribution is -0.183. The predicted octanol–water partition coefficient (Wildman–Crippen LogP) is 2.33. The highest BCUT2D eigenvalue weighted by atomic mass is 35.5. The molecule has 3 rings (SSSR count). The first-order valence-electron chi connectivity index (χ1n) is 7.59. The van der Waals surface area contributed by atoms with E-state index in [1.54, 1.807) is 0 Å². The molecule has 1 saturated carbocycles. The summed E-state index contributed by atoms with van der Waals surface area (Å²) in [4.78, 5) is 12.3. The van der Waals surface area contributed by atoms with Crippen molar-refractivity contribution in [2.24, 2.45) is 5.92 Å². The van der Waals surface area contributed by atoms with Gasteiger partial charge < -0.3 is 10.6 Å². The highest BCUT2D eigenvalue weighted by Gasteiger charge is 2.42. The lowest BCUT2D eigenvalue weighted by Crippen LogP contribution is -2.42. The Morgan fingerprint density at radius 2 is 2.09 bits per heavy atom. The van der Waals surface area contributed by atoms with Gasteiger partial charge in [-0.05, 0) is 19.3 Å². The molecule has 1 aliphatic heterocycles. The van der Waals surface area contributed by atoms with Crippen LogP contribution in [0.3, 0.4) is 0 Å². The molecular weight excluding hydrogens is 333 g/mol. The zero-order valence-electron chi connectivity index (χ0n) is 12.5. The van der Waals surface area contributed by atoms with Crippen molar-refractivity contribution in [3.63, 3.8) is 0 Å². The number of hydrogen-bond donors (Lipinski definition) is 3. The number of nitrogens with one attached hydrogen (secondary N) is 3. The van der Waals surface area contributed by atoms with Crippen molar-refractivity contribution in [1.29, 1.82) is 0 Å². The Balaban J connectivity index is 0.00000192. The van der Waals surface area contributed by atoms with Crippen molar-refractivity contribution in [2.75, 3.05) is 6.54 Å². The smallest absolute Gasteiger partial charge is 0.348 e. The van der Waals surface area contributed by atoms with Gasteiger partial charge in [0.15, 0.2) is 5.69 Å². The van der Waals surface area contributed by atoms with Gasteiger partial charge in [-0.15, -0.1) is 12.4 Å². The van der Waals surface area contributed by atoms with E-state index in [4.69, 9.17) is 0 Å². The van der Waals surface area contributed by atoms with Crippen LogP contribution >= 0.6 is 12.4 Å². The fourth-order valence-corrected chi connectivity index (χ4v) is 3.29. The van der Waals surface area contributed by atoms with Gasteiger partial charge in [-0.2, -0.15) is 18.3 Å². The number of amides is 1. The lowest BCUT2D eigenvalue weighted by Gasteiger charge is -2.30. The first kappa shape index (κ1) is 18.1. The summed E-state index contributed by atoms with van der Waals surface area (Å²) in [5, 5.41) is 12.8. The summed E-state index contributed by atoms with van der Waals surface area (Å²) in [5.41, 5.74) is 2.06. The van der Waals surface area contributed by atoms with Crippen LogP contribution in [0.25, 0.3) is 0 Å². The van der Waals surface area contributed by atoms with Crippen molar-refractivity contribution in [3.05, 3.63) is 17.0 Å². The molecule has 3 N–H and O–H groups in total. The van der Waals surface area contributed by atoms with Gasteiger partial charge in [0.05, 0.1) is 5.92 Å². The van der Waals surface area contributed by atoms with Crippen LogP contribution < -0.4 is 10.6 Å². The van der Waals surface area contributed by atoms with E-state index < -0.39 is 18.1 Å². The average Bonchev–Trinajstić information content (AvgIpc) is 2.90. The first-order chi connectivity index (χ1) is 10.4. The Labute approximate surface area is 138 Å². The molecule has 1 amide bonds. The van der Waals surface area contributed by atoms with Crippen LogP contribution in [0, 0.1) is 5.92 Å². The minimum atomic E-state index is -4.18. The largest absolute Gasteiger partial charge is 0.391 e. The molecule has 1 aliphatic carbocycles. The number of aromatic amines is 1. The molecule has 23 heavy (non-hydrogen) atoms. The number of carbonyl (C=O) groups is 1. The van der Waals surface area contributed by atoms with Crippen LogP contribution in [0.5, 0.6) is 0 Å². The van der Waals surface area contributed by atoms with Crippen molar-refractivity contribution < 1.29 is 18.0 Å². The van der Waals surface area contributed by atoms with E-state index in [9.17, 15) is 18.0 Å². The summed E-state index contributed by atoms with van der Waals surface area (Å²) in [7, 11) is 0. The minimum Gasteiger partial charge on any atom is -0.348 e. The van der Waals surface area contributed by atoms with E-state index in [0.717, 1.165) is 24.2 Å². The van der Waals surface area contributed by atoms with E-state index in [0.29, 0.717) is 25.1 Å². The van der Waals surface area contributed by atoms with Gasteiger partial charge in [-0.1, -0.05) is 6.42 Å². The van der Waals surface area contributed by atoms with Crippen LogP contribution in [-0.4, -0.2) is 34.9 Å². The lowest BCUT2D eigenvalue weighted by atomic mass is 9.85. The Bertz CT molecular complexity index is 561. The van der Waals surface area contributed by atoms with Crippen molar-refractivity contribution >= 4 is 18.3 Å². The molecule has 2 unspecified atom stereocenters. The summed E-state index contributed by atoms with van der Waals surface area (Å²) >= 11 is 0. The highest BCUT2D eigenvalue weighted by Crippen LogP contribution is 2.37. The van der Waals surface area contributed by atoms with E-state index in [2.05, 4.69) is 20.8 Å². The van der Waals surface area contributed by atoms with Crippen LogP contribution in [0.4, 0.5) is 13.2 Å². The van der Waals surface area contributed by atoms with Crippen molar-refractivity contribution in [3.8, 4) is 0 Å². The third-order valence-electron chi connectivity index (χ3n) is 4.49. The Morgan fingerprint density at radius 1 is 1.30 bits per heavy atom. The quantitative estimate of drug-likeness (QED) is 0.765. The van der Waals surface area contributed by atoms with E-state index in [1.165, 1.54) is 0 Å². The van der Waals surface area contributed by atoms with Gasteiger partial charge in [0.2, 0.25) is 0 Å². The number of carbonyl (C=O) groups excluding carboxylic acids is 1. The fourth-order valence-electron chi connectivity index (χ4n) is 3.29. The predicted molar refractivity (Wildman–Crippen MR) is 80.5 cm³/mol. The molecule has 0 radical (unpaired) electrons. The number of halogens is 4. The minimum absolute atomic E-state index is 0. The second kappa shape index (κ2) is 7.09. The molecule has 0 bridgehead atoms. The third-order valence-corrected chi connectivity index (χ3v) is 4.49. The maximum atomic E-state index is 12.8. The third kappa shape index (κ3) is 3.98. The van der Waals surface area contributed by atoms with Gasteiger partial charge in [0, 0.05) is 36.8 Å². The normalized spacial score (nSPS) is 24.5. The van der Waals surface area contributed by atoms with Crippen molar-refractivity contribution in [2.45, 2.75) is 50.9 Å². The Kier molecular flexibility index (Phi) is 5.57. The summed E-state index contributed by atoms with van der Waals surface area (Å²) in [6.07, 6.45) is -2.23. The molecule has 2 heterocycles. The van der Waals surface area contributed by atoms with Crippen molar-refractivity contribution in [1.82, 2.24) is 20.8 Å². The van der Waals surface area contributed by atoms with Crippen LogP contribution in [-0.2, 0) is 13.0 Å². The zero-order valence-corrected chi connectivity index (χ0v) is 13.3. The van der Waals surface area contributed by atoms with Gasteiger partial charge in [0.25, 0.3) is 5.91 Å². The molecular formula is C14H20ClF3N4O. The van der Waals surface area contributed by atoms with E-state index in [-0.39, 0.29) is 31.2 Å². The number of alkyl halides is 3. The molecule has 2 aliphatic rings. The maximum absolute atomic E-state index is 12.8. The van der Waals surface area contributed by atoms with E-state index >= 15 is 0 Å². The second-order valence-electron chi connectivity index (χ2n) is 6.03. The molecule has 9 heteroatoms. The van der Waals surface area contributed by atoms with Gasteiger partial charge >= 0.3 is 6.18 Å². The van der Waals surface area contributed by atoms with Crippen LogP contribution in [0.1, 0.15) is 47.4 Å². The number of hydrogen-bond acceptors (Lipinski definition) is 3. The molecule has 0 aromatic carbocycles. The monoisotopic (exact) mass is 352 g/mol. The topological polar surface area (TPSA) is 69.8 Å². The zero-order chi connectivity index (χ0) is 15.7. The Hall–Kier alpha value is -1.28. The SMILES string of the molecule is Cl.O=C(NC1CCCC(C(F)(F)F)C1)c1n[nH]c2c1CNCC2. The molecule has 0 spiro atoms. The van der Waals surface area contributed by atoms with Crippen LogP contribution in [0.15, 0.2) is 0 Å². The van der Waals surface area contributed by atoms with Gasteiger partial charge in [-0.3, -0.25) is 9.89 Å². The van der Waals surface area contributed by atoms with E-state index in [1.807, 2.05) is 0 Å². The molecule has 1 fully saturated rings. The maximum Gasteiger partial charge on any atom is 0.391 e. The summed E-state index contributed by atoms with van der Waals surface area (Å²) in [5.74, 6) is -1.70. The average molecular weight is 353 g/mol. The first-order valence-corrected chi connectivity index (χ1v) is 7.59. The molecule has 2 atom stereocenters. The number of fused-ring (bicyclic) bond motifs is 1. The van der Waals surface area contributed by atoms with Gasteiger partial charge in [0.1, 0.15) is 0 Å². The van der Waals surface area contributed by atoms with Crippen LogP contribution in [0.2, 0.25) is 0 Å². The summed E-state index contributed by atoms with van der Waals surface area (Å²) in [6, 6.07) is -0.434. The standard InChI is InChI=1S/C14H19F3N4O.ClH/c15-14(16,17)8-2-1-3-9(6-8)19-13(22)12-10-7-18-5-4-11(10)20-21-12;/h8-9,18H,1-7H2,(H,19,22)(H,20,21);1H. The number of aromatic nitrogens is 2. The molecule has 130 valence electrons. The number of nitrogens with zero attached hydrogens (tertiary/aromatic N) is 1. The number of H-pyrrole nitrogens is 1. The fraction of sp³-hybridized carbons (Fsp3) is 0.714. The summed E-state index contributed by atoms with van der Waals surface area (Å²) < 4.78 is 38.4. The highest BCUT2D eigenvalue weighted by molar-refractivity contribution is 5.94.